The number of carbonyl (C=O) groups is 1. The number of carbonyl (C=O) groups excluding carboxylic acids is 1. The van der Waals surface area contributed by atoms with E-state index in [1.807, 2.05) is 0 Å². The van der Waals surface area contributed by atoms with Crippen LogP contribution in [0.3, 0.4) is 0 Å². The number of aliphatic hydroxyl groups is 1. The maximum Gasteiger partial charge on any atom is 0.203 e. The van der Waals surface area contributed by atoms with E-state index in [1.165, 1.54) is 11.3 Å². The quantitative estimate of drug-likeness (QED) is 0.817. The first kappa shape index (κ1) is 13.6. The monoisotopic (exact) mass is 324 g/mol. The van der Waals surface area contributed by atoms with Gasteiger partial charge >= 0.3 is 0 Å². The molecule has 6 heteroatoms. The highest BCUT2D eigenvalue weighted by Crippen LogP contribution is 2.36. The topological polar surface area (TPSA) is 49.7 Å². The molecular weight excluding hydrogens is 317 g/mol. The van der Waals surface area contributed by atoms with E-state index < -0.39 is 0 Å². The van der Waals surface area contributed by atoms with Gasteiger partial charge in [0.2, 0.25) is 5.78 Å². The van der Waals surface area contributed by atoms with Crippen LogP contribution in [-0.2, 0) is 0 Å². The highest BCUT2D eigenvalue weighted by molar-refractivity contribution is 7.18. The number of ketones is 1. The van der Waals surface area contributed by atoms with E-state index in [4.69, 9.17) is 23.2 Å². The maximum atomic E-state index is 12.4. The molecule has 1 aliphatic heterocycles. The van der Waals surface area contributed by atoms with Gasteiger partial charge in [0.05, 0.1) is 25.5 Å². The van der Waals surface area contributed by atoms with Gasteiger partial charge in [-0.1, -0.05) is 23.2 Å². The number of thiophene rings is 1. The van der Waals surface area contributed by atoms with E-state index in [9.17, 15) is 9.90 Å². The predicted molar refractivity (Wildman–Crippen MR) is 80.7 cm³/mol. The summed E-state index contributed by atoms with van der Waals surface area (Å²) in [5, 5.41) is 10.3. The summed E-state index contributed by atoms with van der Waals surface area (Å²) in [5.41, 5.74) is 2.17. The SMILES string of the molecule is CC1=[C]C2=C(Cl)C(O)=C(C(=O)c3ccc(Cl)s3)CC2=N1. The number of allylic oxidation sites excluding steroid dienone is 5. The van der Waals surface area contributed by atoms with Gasteiger partial charge in [-0.05, 0) is 19.1 Å². The molecule has 0 amide bonds. The molecule has 0 bridgehead atoms. The molecule has 0 spiro atoms. The summed E-state index contributed by atoms with van der Waals surface area (Å²) in [5.74, 6) is -0.471. The highest BCUT2D eigenvalue weighted by Gasteiger charge is 2.31. The summed E-state index contributed by atoms with van der Waals surface area (Å²) >= 11 is 13.1. The van der Waals surface area contributed by atoms with E-state index in [0.717, 1.165) is 0 Å². The number of aliphatic imine (C=N–C) groups is 1. The molecule has 0 fully saturated rings. The molecule has 3 nitrogen and oxygen atoms in total. The van der Waals surface area contributed by atoms with E-state index in [0.29, 0.717) is 26.2 Å². The van der Waals surface area contributed by atoms with Gasteiger partial charge in [0.15, 0.2) is 0 Å². The number of nitrogens with zero attached hydrogens (tertiary/aromatic N) is 1. The van der Waals surface area contributed by atoms with Crippen molar-refractivity contribution in [3.8, 4) is 0 Å². The molecule has 1 N–H and O–H groups in total. The van der Waals surface area contributed by atoms with Gasteiger partial charge in [-0.2, -0.15) is 0 Å². The Labute approximate surface area is 129 Å². The molecule has 1 aromatic rings. The number of hydrogen-bond acceptors (Lipinski definition) is 4. The van der Waals surface area contributed by atoms with Crippen LogP contribution < -0.4 is 0 Å². The number of aliphatic hydroxyl groups excluding tert-OH is 1. The fourth-order valence-electron chi connectivity index (χ4n) is 2.12. The van der Waals surface area contributed by atoms with Gasteiger partial charge in [-0.3, -0.25) is 9.79 Å². The zero-order valence-corrected chi connectivity index (χ0v) is 12.7. The second kappa shape index (κ2) is 4.88. The Kier molecular flexibility index (Phi) is 3.32. The fourth-order valence-corrected chi connectivity index (χ4v) is 3.40. The first-order chi connectivity index (χ1) is 9.47. The third-order valence-electron chi connectivity index (χ3n) is 3.03. The van der Waals surface area contributed by atoms with Crippen LogP contribution in [0.25, 0.3) is 0 Å². The molecule has 20 heavy (non-hydrogen) atoms. The van der Waals surface area contributed by atoms with Crippen LogP contribution in [0.2, 0.25) is 4.34 Å². The Morgan fingerprint density at radius 1 is 1.45 bits per heavy atom. The van der Waals surface area contributed by atoms with E-state index in [-0.39, 0.29) is 28.6 Å². The van der Waals surface area contributed by atoms with Crippen molar-refractivity contribution in [3.63, 3.8) is 0 Å². The van der Waals surface area contributed by atoms with Gasteiger partial charge < -0.3 is 5.11 Å². The molecule has 101 valence electrons. The second-order valence-corrected chi connectivity index (χ2v) is 6.49. The number of halogens is 2. The predicted octanol–water partition coefficient (Wildman–Crippen LogP) is 4.45. The average Bonchev–Trinajstić information content (AvgIpc) is 2.99. The van der Waals surface area contributed by atoms with Crippen LogP contribution in [-0.4, -0.2) is 16.6 Å². The molecule has 1 aromatic heterocycles. The minimum Gasteiger partial charge on any atom is -0.506 e. The van der Waals surface area contributed by atoms with Crippen molar-refractivity contribution in [2.45, 2.75) is 13.3 Å². The van der Waals surface area contributed by atoms with Crippen LogP contribution in [0, 0.1) is 6.08 Å². The molecule has 0 atom stereocenters. The number of hydrogen-bond donors (Lipinski definition) is 1. The van der Waals surface area contributed by atoms with Gasteiger partial charge in [0, 0.05) is 23.8 Å². The van der Waals surface area contributed by atoms with Crippen molar-refractivity contribution in [2.24, 2.45) is 4.99 Å². The van der Waals surface area contributed by atoms with Crippen molar-refractivity contribution in [1.82, 2.24) is 0 Å². The van der Waals surface area contributed by atoms with Gasteiger partial charge in [0.25, 0.3) is 0 Å². The number of Topliss-reactive ketones (excluding diaryl/α,β-unsaturated/α-hetero) is 1. The first-order valence-corrected chi connectivity index (χ1v) is 7.35. The lowest BCUT2D eigenvalue weighted by molar-refractivity contribution is 0.103. The molecule has 0 saturated carbocycles. The lowest BCUT2D eigenvalue weighted by atomic mass is 9.92. The van der Waals surface area contributed by atoms with E-state index >= 15 is 0 Å². The van der Waals surface area contributed by atoms with E-state index in [1.54, 1.807) is 19.1 Å². The van der Waals surface area contributed by atoms with Gasteiger partial charge in [0.1, 0.15) is 5.76 Å². The van der Waals surface area contributed by atoms with Crippen LogP contribution in [0.5, 0.6) is 0 Å². The Morgan fingerprint density at radius 2 is 2.20 bits per heavy atom. The third kappa shape index (κ3) is 2.14. The third-order valence-corrected chi connectivity index (χ3v) is 4.62. The normalized spacial score (nSPS) is 18.1. The fraction of sp³-hybridized carbons (Fsp3) is 0.143. The summed E-state index contributed by atoms with van der Waals surface area (Å²) in [7, 11) is 0. The Morgan fingerprint density at radius 3 is 2.85 bits per heavy atom. The molecule has 0 unspecified atom stereocenters. The maximum absolute atomic E-state index is 12.4. The van der Waals surface area contributed by atoms with Crippen LogP contribution in [0.4, 0.5) is 0 Å². The lowest BCUT2D eigenvalue weighted by Gasteiger charge is -2.16. The molecule has 3 rings (SSSR count). The standard InChI is InChI=1S/C14H8Cl2NO2S/c1-6-4-7-9(17-6)5-8(14(19)12(7)16)13(18)10-2-3-11(15)20-10/h2-3,19H,5H2,1H3. The molecule has 2 aliphatic rings. The molecular formula is C14H8Cl2NO2S. The van der Waals surface area contributed by atoms with Gasteiger partial charge in [-0.25, -0.2) is 0 Å². The zero-order chi connectivity index (χ0) is 14.4. The number of fused-ring (bicyclic) bond motifs is 1. The summed E-state index contributed by atoms with van der Waals surface area (Å²) in [6.45, 7) is 1.79. The smallest absolute Gasteiger partial charge is 0.203 e. The largest absolute Gasteiger partial charge is 0.506 e. The molecule has 1 radical (unpaired) electrons. The van der Waals surface area contributed by atoms with Gasteiger partial charge in [-0.15, -0.1) is 11.3 Å². The second-order valence-electron chi connectivity index (χ2n) is 4.39. The Balaban J connectivity index is 2.04. The average molecular weight is 325 g/mol. The van der Waals surface area contributed by atoms with Crippen LogP contribution in [0.15, 0.2) is 44.8 Å². The van der Waals surface area contributed by atoms with Crippen molar-refractivity contribution >= 4 is 46.0 Å². The molecule has 0 saturated heterocycles. The molecule has 2 heterocycles. The minimum absolute atomic E-state index is 0.123. The summed E-state index contributed by atoms with van der Waals surface area (Å²) in [4.78, 5) is 17.2. The molecule has 1 aliphatic carbocycles. The summed E-state index contributed by atoms with van der Waals surface area (Å²) in [6, 6.07) is 3.28. The minimum atomic E-state index is -0.274. The van der Waals surface area contributed by atoms with E-state index in [2.05, 4.69) is 11.1 Å². The first-order valence-electron chi connectivity index (χ1n) is 5.78. The summed E-state index contributed by atoms with van der Waals surface area (Å²) in [6.07, 6.45) is 3.22. The highest BCUT2D eigenvalue weighted by atomic mass is 35.5. The van der Waals surface area contributed by atoms with Crippen LogP contribution >= 0.6 is 34.5 Å². The molecule has 0 aromatic carbocycles. The van der Waals surface area contributed by atoms with Crippen molar-refractivity contribution < 1.29 is 9.90 Å². The number of rotatable bonds is 2. The van der Waals surface area contributed by atoms with Crippen molar-refractivity contribution in [3.05, 3.63) is 55.1 Å². The Hall–Kier alpha value is -1.36. The van der Waals surface area contributed by atoms with Crippen LogP contribution in [0.1, 0.15) is 23.0 Å². The van der Waals surface area contributed by atoms with Crippen molar-refractivity contribution in [2.75, 3.05) is 0 Å². The lowest BCUT2D eigenvalue weighted by Crippen LogP contribution is -2.16. The Bertz CT molecular complexity index is 753. The summed E-state index contributed by atoms with van der Waals surface area (Å²) < 4.78 is 0.524. The van der Waals surface area contributed by atoms with Crippen molar-refractivity contribution in [1.29, 1.82) is 0 Å². The zero-order valence-electron chi connectivity index (χ0n) is 10.3.